The Balaban J connectivity index is 1.64. The summed E-state index contributed by atoms with van der Waals surface area (Å²) in [5.74, 6) is -0.123. The van der Waals surface area contributed by atoms with Crippen LogP contribution in [0.5, 0.6) is 0 Å². The largest absolute Gasteiger partial charge is 0.380 e. The van der Waals surface area contributed by atoms with Crippen molar-refractivity contribution in [3.8, 4) is 0 Å². The molecule has 0 unspecified atom stereocenters. The third kappa shape index (κ3) is 4.36. The highest BCUT2D eigenvalue weighted by atomic mass is 35.5. The standard InChI is InChI=1S/C20H24ClN3O2/c1-26-20(9-11-22-12-10-20)19(25)24-16-7-8-18(17(21)13-16)23-14-15-5-3-2-4-6-15/h2-8,13,22-23H,9-12,14H2,1H3,(H,24,25). The van der Waals surface area contributed by atoms with Gasteiger partial charge in [0.2, 0.25) is 0 Å². The van der Waals surface area contributed by atoms with E-state index in [1.54, 1.807) is 13.2 Å². The molecule has 1 aliphatic heterocycles. The highest BCUT2D eigenvalue weighted by Gasteiger charge is 2.39. The van der Waals surface area contributed by atoms with E-state index in [1.165, 1.54) is 5.56 Å². The molecular weight excluding hydrogens is 350 g/mol. The van der Waals surface area contributed by atoms with Crippen LogP contribution in [0, 0.1) is 0 Å². The number of halogens is 1. The third-order valence-electron chi connectivity index (χ3n) is 4.77. The molecule has 1 amide bonds. The summed E-state index contributed by atoms with van der Waals surface area (Å²) in [6.45, 7) is 2.22. The van der Waals surface area contributed by atoms with Crippen LogP contribution in [0.25, 0.3) is 0 Å². The molecule has 1 heterocycles. The van der Waals surface area contributed by atoms with E-state index < -0.39 is 5.60 Å². The van der Waals surface area contributed by atoms with Crippen molar-refractivity contribution < 1.29 is 9.53 Å². The summed E-state index contributed by atoms with van der Waals surface area (Å²) in [6.07, 6.45) is 1.31. The van der Waals surface area contributed by atoms with Crippen molar-refractivity contribution in [3.05, 3.63) is 59.1 Å². The molecule has 0 saturated carbocycles. The fourth-order valence-corrected chi connectivity index (χ4v) is 3.38. The lowest BCUT2D eigenvalue weighted by molar-refractivity contribution is -0.140. The molecule has 26 heavy (non-hydrogen) atoms. The van der Waals surface area contributed by atoms with Crippen molar-refractivity contribution in [1.29, 1.82) is 0 Å². The Kier molecular flexibility index (Phi) is 6.14. The first kappa shape index (κ1) is 18.7. The number of carbonyl (C=O) groups is 1. The van der Waals surface area contributed by atoms with E-state index in [0.717, 1.165) is 18.8 Å². The fraction of sp³-hybridized carbons (Fsp3) is 0.350. The molecule has 0 bridgehead atoms. The van der Waals surface area contributed by atoms with Crippen LogP contribution in [0.1, 0.15) is 18.4 Å². The van der Waals surface area contributed by atoms with Crippen molar-refractivity contribution in [2.45, 2.75) is 25.0 Å². The minimum atomic E-state index is -0.776. The summed E-state index contributed by atoms with van der Waals surface area (Å²) < 4.78 is 5.56. The van der Waals surface area contributed by atoms with Crippen LogP contribution in [0.4, 0.5) is 11.4 Å². The first-order valence-electron chi connectivity index (χ1n) is 8.78. The summed E-state index contributed by atoms with van der Waals surface area (Å²) in [5, 5.41) is 10.1. The first-order valence-corrected chi connectivity index (χ1v) is 9.15. The van der Waals surface area contributed by atoms with Gasteiger partial charge in [-0.2, -0.15) is 0 Å². The van der Waals surface area contributed by atoms with Gasteiger partial charge in [-0.25, -0.2) is 0 Å². The maximum Gasteiger partial charge on any atom is 0.256 e. The van der Waals surface area contributed by atoms with Gasteiger partial charge >= 0.3 is 0 Å². The smallest absolute Gasteiger partial charge is 0.256 e. The molecule has 5 nitrogen and oxygen atoms in total. The summed E-state index contributed by atoms with van der Waals surface area (Å²) >= 11 is 6.38. The number of anilines is 2. The quantitative estimate of drug-likeness (QED) is 0.723. The molecule has 2 aromatic rings. The summed E-state index contributed by atoms with van der Waals surface area (Å²) in [4.78, 5) is 12.7. The molecule has 6 heteroatoms. The lowest BCUT2D eigenvalue weighted by Crippen LogP contribution is -2.51. The van der Waals surface area contributed by atoms with Crippen LogP contribution in [0.2, 0.25) is 5.02 Å². The molecule has 3 rings (SSSR count). The van der Waals surface area contributed by atoms with Crippen LogP contribution < -0.4 is 16.0 Å². The van der Waals surface area contributed by atoms with Crippen molar-refractivity contribution in [2.24, 2.45) is 0 Å². The second kappa shape index (κ2) is 8.54. The Morgan fingerprint density at radius 1 is 1.19 bits per heavy atom. The third-order valence-corrected chi connectivity index (χ3v) is 5.08. The molecule has 1 saturated heterocycles. The number of benzene rings is 2. The minimum Gasteiger partial charge on any atom is -0.380 e. The number of rotatable bonds is 6. The van der Waals surface area contributed by atoms with E-state index in [1.807, 2.05) is 30.3 Å². The SMILES string of the molecule is COC1(C(=O)Nc2ccc(NCc3ccccc3)c(Cl)c2)CCNCC1. The topological polar surface area (TPSA) is 62.4 Å². The number of carbonyl (C=O) groups excluding carboxylic acids is 1. The summed E-state index contributed by atoms with van der Waals surface area (Å²) in [6, 6.07) is 15.6. The first-order chi connectivity index (χ1) is 12.6. The number of hydrogen-bond donors (Lipinski definition) is 3. The molecule has 138 valence electrons. The van der Waals surface area contributed by atoms with Gasteiger partial charge in [0, 0.05) is 19.3 Å². The number of nitrogens with one attached hydrogen (secondary N) is 3. The molecule has 3 N–H and O–H groups in total. The molecule has 0 aliphatic carbocycles. The summed E-state index contributed by atoms with van der Waals surface area (Å²) in [7, 11) is 1.59. The molecule has 0 spiro atoms. The van der Waals surface area contributed by atoms with Gasteiger partial charge < -0.3 is 20.7 Å². The zero-order valence-electron chi connectivity index (χ0n) is 14.8. The Hall–Kier alpha value is -2.08. The Morgan fingerprint density at radius 2 is 1.92 bits per heavy atom. The fourth-order valence-electron chi connectivity index (χ4n) is 3.13. The van der Waals surface area contributed by atoms with Crippen LogP contribution in [-0.2, 0) is 16.1 Å². The number of methoxy groups -OCH3 is 1. The van der Waals surface area contributed by atoms with Gasteiger partial charge in [0.05, 0.1) is 10.7 Å². The van der Waals surface area contributed by atoms with E-state index in [-0.39, 0.29) is 5.91 Å². The Morgan fingerprint density at radius 3 is 2.58 bits per heavy atom. The van der Waals surface area contributed by atoms with Gasteiger partial charge in [-0.05, 0) is 49.7 Å². The van der Waals surface area contributed by atoms with E-state index in [4.69, 9.17) is 16.3 Å². The number of amides is 1. The molecule has 0 radical (unpaired) electrons. The molecular formula is C20H24ClN3O2. The van der Waals surface area contributed by atoms with Crippen LogP contribution in [-0.4, -0.2) is 31.7 Å². The zero-order chi connectivity index (χ0) is 18.4. The average molecular weight is 374 g/mol. The molecule has 1 fully saturated rings. The average Bonchev–Trinajstić information content (AvgIpc) is 2.68. The van der Waals surface area contributed by atoms with E-state index in [9.17, 15) is 4.79 Å². The second-order valence-electron chi connectivity index (χ2n) is 6.44. The zero-order valence-corrected chi connectivity index (χ0v) is 15.6. The van der Waals surface area contributed by atoms with Crippen molar-refractivity contribution >= 4 is 28.9 Å². The predicted molar refractivity (Wildman–Crippen MR) is 106 cm³/mol. The summed E-state index contributed by atoms with van der Waals surface area (Å²) in [5.41, 5.74) is 1.90. The lowest BCUT2D eigenvalue weighted by atomic mass is 9.91. The van der Waals surface area contributed by atoms with Crippen molar-refractivity contribution in [1.82, 2.24) is 5.32 Å². The Bertz CT molecular complexity index is 746. The number of hydrogen-bond acceptors (Lipinski definition) is 4. The predicted octanol–water partition coefficient (Wildman–Crippen LogP) is 3.66. The molecule has 0 atom stereocenters. The molecule has 1 aliphatic rings. The van der Waals surface area contributed by atoms with E-state index in [0.29, 0.717) is 30.1 Å². The van der Waals surface area contributed by atoms with Gasteiger partial charge in [0.15, 0.2) is 0 Å². The number of ether oxygens (including phenoxy) is 1. The number of piperidine rings is 1. The normalized spacial score (nSPS) is 16.1. The van der Waals surface area contributed by atoms with Gasteiger partial charge in [-0.1, -0.05) is 41.9 Å². The second-order valence-corrected chi connectivity index (χ2v) is 6.84. The lowest BCUT2D eigenvalue weighted by Gasteiger charge is -2.34. The van der Waals surface area contributed by atoms with Crippen LogP contribution in [0.3, 0.4) is 0 Å². The molecule has 2 aromatic carbocycles. The molecule has 0 aromatic heterocycles. The van der Waals surface area contributed by atoms with Gasteiger partial charge in [0.25, 0.3) is 5.91 Å². The van der Waals surface area contributed by atoms with Gasteiger partial charge in [-0.15, -0.1) is 0 Å². The van der Waals surface area contributed by atoms with E-state index in [2.05, 4.69) is 28.1 Å². The minimum absolute atomic E-state index is 0.123. The van der Waals surface area contributed by atoms with Crippen LogP contribution in [0.15, 0.2) is 48.5 Å². The van der Waals surface area contributed by atoms with E-state index >= 15 is 0 Å². The van der Waals surface area contributed by atoms with Gasteiger partial charge in [0.1, 0.15) is 5.60 Å². The van der Waals surface area contributed by atoms with Crippen LogP contribution >= 0.6 is 11.6 Å². The van der Waals surface area contributed by atoms with Crippen molar-refractivity contribution in [3.63, 3.8) is 0 Å². The monoisotopic (exact) mass is 373 g/mol. The highest BCUT2D eigenvalue weighted by Crippen LogP contribution is 2.28. The maximum absolute atomic E-state index is 12.7. The Labute approximate surface area is 159 Å². The van der Waals surface area contributed by atoms with Crippen molar-refractivity contribution in [2.75, 3.05) is 30.8 Å². The van der Waals surface area contributed by atoms with Gasteiger partial charge in [-0.3, -0.25) is 4.79 Å². The maximum atomic E-state index is 12.7. The highest BCUT2D eigenvalue weighted by molar-refractivity contribution is 6.33.